The van der Waals surface area contributed by atoms with E-state index >= 15 is 0 Å². The fourth-order valence-electron chi connectivity index (χ4n) is 0.978. The number of nitro groups is 1. The largest absolute Gasteiger partial charge is 0.503 e. The third-order valence-corrected chi connectivity index (χ3v) is 2.82. The second-order valence-corrected chi connectivity index (χ2v) is 5.20. The number of alkyl halides is 2. The Balaban J connectivity index is 3.63. The normalized spacial score (nSPS) is 11.8. The molecule has 11 heteroatoms. The molecular formula is C6H3ClF2N2O5S. The van der Waals surface area contributed by atoms with Crippen molar-refractivity contribution in [2.45, 2.75) is 11.5 Å². The molecule has 0 saturated heterocycles. The fourth-order valence-corrected chi connectivity index (χ4v) is 1.82. The second-order valence-electron chi connectivity index (χ2n) is 2.72. The van der Waals surface area contributed by atoms with Crippen LogP contribution in [0.4, 0.5) is 14.6 Å². The molecule has 1 N–H and O–H groups in total. The summed E-state index contributed by atoms with van der Waals surface area (Å²) in [5.74, 6) is -2.56. The summed E-state index contributed by atoms with van der Waals surface area (Å²) in [5.41, 5.74) is -1.20. The molecule has 0 aliphatic rings. The summed E-state index contributed by atoms with van der Waals surface area (Å²) in [6.45, 7) is 0. The lowest BCUT2D eigenvalue weighted by Gasteiger charge is -2.03. The second kappa shape index (κ2) is 4.37. The maximum Gasteiger partial charge on any atom is 0.374 e. The molecule has 94 valence electrons. The van der Waals surface area contributed by atoms with E-state index in [2.05, 4.69) is 4.98 Å². The van der Waals surface area contributed by atoms with Gasteiger partial charge in [0, 0.05) is 16.7 Å². The number of hydrogen-bond donors (Lipinski definition) is 1. The molecule has 0 bridgehead atoms. The zero-order chi connectivity index (χ0) is 13.4. The number of aromatic nitrogens is 1. The van der Waals surface area contributed by atoms with Crippen molar-refractivity contribution >= 4 is 25.6 Å². The summed E-state index contributed by atoms with van der Waals surface area (Å²) in [7, 11) is 0.242. The van der Waals surface area contributed by atoms with E-state index in [1.165, 1.54) is 0 Å². The Bertz CT molecular complexity index is 576. The standard InChI is InChI=1S/C6H3ClF2N2O5S/c7-17(15,16)6-3(12)1-2(4(8)9)5(10-6)11(13)14/h1,4,12H. The first-order chi connectivity index (χ1) is 7.64. The van der Waals surface area contributed by atoms with E-state index in [0.717, 1.165) is 0 Å². The summed E-state index contributed by atoms with van der Waals surface area (Å²) < 4.78 is 46.4. The Hall–Kier alpha value is -1.55. The summed E-state index contributed by atoms with van der Waals surface area (Å²) in [5, 5.41) is 18.3. The average molecular weight is 289 g/mol. The van der Waals surface area contributed by atoms with Gasteiger partial charge in [-0.1, -0.05) is 0 Å². The first-order valence-corrected chi connectivity index (χ1v) is 6.06. The summed E-state index contributed by atoms with van der Waals surface area (Å²) in [4.78, 5) is 11.9. The molecular weight excluding hydrogens is 286 g/mol. The van der Waals surface area contributed by atoms with Crippen LogP contribution in [0.15, 0.2) is 11.1 Å². The lowest BCUT2D eigenvalue weighted by atomic mass is 10.2. The minimum Gasteiger partial charge on any atom is -0.503 e. The van der Waals surface area contributed by atoms with Gasteiger partial charge in [-0.3, -0.25) is 0 Å². The van der Waals surface area contributed by atoms with Crippen molar-refractivity contribution in [2.24, 2.45) is 0 Å². The highest BCUT2D eigenvalue weighted by atomic mass is 35.7. The average Bonchev–Trinajstić information content (AvgIpc) is 2.14. The Morgan fingerprint density at radius 3 is 2.41 bits per heavy atom. The van der Waals surface area contributed by atoms with E-state index in [9.17, 15) is 27.3 Å². The van der Waals surface area contributed by atoms with Crippen LogP contribution in [-0.2, 0) is 9.05 Å². The number of hydrogen-bond acceptors (Lipinski definition) is 6. The van der Waals surface area contributed by atoms with Crippen molar-refractivity contribution in [1.29, 1.82) is 0 Å². The minimum absolute atomic E-state index is 0.241. The molecule has 17 heavy (non-hydrogen) atoms. The van der Waals surface area contributed by atoms with Crippen molar-refractivity contribution in [3.8, 4) is 5.75 Å². The van der Waals surface area contributed by atoms with Crippen LogP contribution in [0.2, 0.25) is 0 Å². The van der Waals surface area contributed by atoms with Crippen molar-refractivity contribution < 1.29 is 27.2 Å². The molecule has 0 atom stereocenters. The van der Waals surface area contributed by atoms with E-state index in [-0.39, 0.29) is 6.07 Å². The van der Waals surface area contributed by atoms with Crippen molar-refractivity contribution in [3.63, 3.8) is 0 Å². The van der Waals surface area contributed by atoms with Gasteiger partial charge in [0.15, 0.2) is 5.75 Å². The first-order valence-electron chi connectivity index (χ1n) is 3.75. The molecule has 0 radical (unpaired) electrons. The predicted molar refractivity (Wildman–Crippen MR) is 50.6 cm³/mol. The van der Waals surface area contributed by atoms with Gasteiger partial charge >= 0.3 is 19.9 Å². The van der Waals surface area contributed by atoms with Crippen LogP contribution in [-0.4, -0.2) is 23.4 Å². The van der Waals surface area contributed by atoms with E-state index in [4.69, 9.17) is 15.8 Å². The molecule has 1 aromatic heterocycles. The van der Waals surface area contributed by atoms with Gasteiger partial charge in [0.25, 0.3) is 6.43 Å². The van der Waals surface area contributed by atoms with Crippen LogP contribution in [0.25, 0.3) is 0 Å². The number of rotatable bonds is 3. The summed E-state index contributed by atoms with van der Waals surface area (Å²) in [6.07, 6.45) is -3.29. The highest BCUT2D eigenvalue weighted by Crippen LogP contribution is 2.34. The van der Waals surface area contributed by atoms with Crippen LogP contribution >= 0.6 is 10.7 Å². The van der Waals surface area contributed by atoms with Gasteiger partial charge in [-0.15, -0.1) is 0 Å². The number of aromatic hydroxyl groups is 1. The lowest BCUT2D eigenvalue weighted by Crippen LogP contribution is -2.04. The fraction of sp³-hybridized carbons (Fsp3) is 0.167. The smallest absolute Gasteiger partial charge is 0.374 e. The Morgan fingerprint density at radius 1 is 1.53 bits per heavy atom. The van der Waals surface area contributed by atoms with Gasteiger partial charge in [0.1, 0.15) is 5.56 Å². The van der Waals surface area contributed by atoms with Crippen LogP contribution < -0.4 is 0 Å². The minimum atomic E-state index is -4.57. The molecule has 0 aliphatic carbocycles. The third-order valence-electron chi connectivity index (χ3n) is 1.62. The Labute approximate surface area is 97.2 Å². The molecule has 0 aliphatic heterocycles. The molecule has 0 saturated carbocycles. The zero-order valence-electron chi connectivity index (χ0n) is 7.67. The third kappa shape index (κ3) is 2.77. The zero-order valence-corrected chi connectivity index (χ0v) is 9.24. The summed E-state index contributed by atoms with van der Waals surface area (Å²) >= 11 is 0. The highest BCUT2D eigenvalue weighted by molar-refractivity contribution is 8.13. The molecule has 0 amide bonds. The molecule has 1 heterocycles. The van der Waals surface area contributed by atoms with Gasteiger partial charge < -0.3 is 15.2 Å². The Morgan fingerprint density at radius 2 is 2.06 bits per heavy atom. The topological polar surface area (TPSA) is 110 Å². The molecule has 0 unspecified atom stereocenters. The molecule has 1 rings (SSSR count). The van der Waals surface area contributed by atoms with E-state index in [0.29, 0.717) is 0 Å². The maximum atomic E-state index is 12.4. The quantitative estimate of drug-likeness (QED) is 0.513. The van der Waals surface area contributed by atoms with Gasteiger partial charge in [-0.05, 0) is 9.91 Å². The van der Waals surface area contributed by atoms with Crippen LogP contribution in [0.3, 0.4) is 0 Å². The van der Waals surface area contributed by atoms with Crippen molar-refractivity contribution in [3.05, 3.63) is 21.7 Å². The predicted octanol–water partition coefficient (Wildman–Crippen LogP) is 1.56. The van der Waals surface area contributed by atoms with Crippen molar-refractivity contribution in [1.82, 2.24) is 4.98 Å². The van der Waals surface area contributed by atoms with Gasteiger partial charge in [0.2, 0.25) is 0 Å². The maximum absolute atomic E-state index is 12.4. The van der Waals surface area contributed by atoms with E-state index in [1.807, 2.05) is 0 Å². The van der Waals surface area contributed by atoms with Crippen LogP contribution in [0, 0.1) is 10.1 Å². The van der Waals surface area contributed by atoms with Gasteiger partial charge in [-0.25, -0.2) is 17.2 Å². The highest BCUT2D eigenvalue weighted by Gasteiger charge is 2.32. The summed E-state index contributed by atoms with van der Waals surface area (Å²) in [6, 6.07) is 0.241. The SMILES string of the molecule is O=[N+]([O-])c1nc(S(=O)(=O)Cl)c(O)cc1C(F)F. The molecule has 1 aromatic rings. The molecule has 0 fully saturated rings. The van der Waals surface area contributed by atoms with Crippen molar-refractivity contribution in [2.75, 3.05) is 0 Å². The Kier molecular flexibility index (Phi) is 3.48. The van der Waals surface area contributed by atoms with Gasteiger partial charge in [0.05, 0.1) is 0 Å². The van der Waals surface area contributed by atoms with Crippen LogP contribution in [0.5, 0.6) is 5.75 Å². The van der Waals surface area contributed by atoms with E-state index < -0.39 is 42.6 Å². The number of nitrogens with zero attached hydrogens (tertiary/aromatic N) is 2. The number of pyridine rings is 1. The lowest BCUT2D eigenvalue weighted by molar-refractivity contribution is -0.391. The number of halogens is 3. The monoisotopic (exact) mass is 288 g/mol. The van der Waals surface area contributed by atoms with E-state index in [1.54, 1.807) is 0 Å². The van der Waals surface area contributed by atoms with Crippen LogP contribution in [0.1, 0.15) is 12.0 Å². The first kappa shape index (κ1) is 13.5. The van der Waals surface area contributed by atoms with Gasteiger partial charge in [-0.2, -0.15) is 0 Å². The molecule has 7 nitrogen and oxygen atoms in total. The molecule has 0 aromatic carbocycles. The molecule has 0 spiro atoms.